The molecule has 8 N–H and O–H groups in total. The van der Waals surface area contributed by atoms with Gasteiger partial charge in [-0.1, -0.05) is 44.9 Å². The predicted molar refractivity (Wildman–Crippen MR) is 109 cm³/mol. The Morgan fingerprint density at radius 2 is 1.31 bits per heavy atom. The van der Waals surface area contributed by atoms with Crippen LogP contribution >= 0.6 is 0 Å². The van der Waals surface area contributed by atoms with Gasteiger partial charge in [-0.2, -0.15) is 10.2 Å². The van der Waals surface area contributed by atoms with Crippen molar-refractivity contribution in [3.63, 3.8) is 0 Å². The van der Waals surface area contributed by atoms with Gasteiger partial charge in [0.15, 0.2) is 0 Å². The number of nitrogens with zero attached hydrogens (tertiary/aromatic N) is 2. The maximum absolute atomic E-state index is 7.31. The average Bonchev–Trinajstić information content (AvgIpc) is 2.61. The predicted octanol–water partition coefficient (Wildman–Crippen LogP) is 2.44. The number of nitrogens with one attached hydrogen (secondary N) is 4. The van der Waals surface area contributed by atoms with Crippen molar-refractivity contribution in [2.45, 2.75) is 52.4 Å². The summed E-state index contributed by atoms with van der Waals surface area (Å²) in [6.45, 7) is 4.24. The van der Waals surface area contributed by atoms with E-state index in [0.717, 1.165) is 61.1 Å². The topological polar surface area (TPSA) is 149 Å². The third kappa shape index (κ3) is 7.78. The third-order valence-electron chi connectivity index (χ3n) is 3.69. The molecule has 0 saturated carbocycles. The fourth-order valence-corrected chi connectivity index (χ4v) is 2.35. The largest absolute Gasteiger partial charge is 0.369 e. The molecule has 8 heteroatoms. The van der Waals surface area contributed by atoms with Gasteiger partial charge in [-0.05, 0) is 42.9 Å². The van der Waals surface area contributed by atoms with Crippen LogP contribution in [0, 0.1) is 10.8 Å². The Kier molecular flexibility index (Phi) is 9.45. The molecule has 8 nitrogen and oxygen atoms in total. The van der Waals surface area contributed by atoms with Gasteiger partial charge in [0.05, 0.1) is 11.4 Å². The van der Waals surface area contributed by atoms with Crippen LogP contribution < -0.4 is 22.3 Å². The number of hydrazone groups is 2. The second-order valence-electron chi connectivity index (χ2n) is 5.96. The molecule has 0 aromatic heterocycles. The van der Waals surface area contributed by atoms with E-state index in [1.54, 1.807) is 0 Å². The Bertz CT molecular complexity index is 610. The molecule has 0 bridgehead atoms. The van der Waals surface area contributed by atoms with Gasteiger partial charge in [0.25, 0.3) is 0 Å². The number of rotatable bonds is 10. The molecule has 0 saturated heterocycles. The molecule has 0 fully saturated rings. The maximum atomic E-state index is 7.31. The summed E-state index contributed by atoms with van der Waals surface area (Å²) in [5.41, 5.74) is 19.4. The molecule has 0 amide bonds. The van der Waals surface area contributed by atoms with Crippen LogP contribution in [0.25, 0.3) is 0 Å². The smallest absolute Gasteiger partial charge is 0.206 e. The molecule has 0 radical (unpaired) electrons. The van der Waals surface area contributed by atoms with E-state index in [1.807, 2.05) is 24.3 Å². The summed E-state index contributed by atoms with van der Waals surface area (Å²) in [4.78, 5) is 0. The van der Waals surface area contributed by atoms with E-state index in [-0.39, 0.29) is 11.9 Å². The molecule has 1 aromatic rings. The normalized spacial score (nSPS) is 11.9. The molecule has 0 aliphatic carbocycles. The van der Waals surface area contributed by atoms with Crippen molar-refractivity contribution in [3.8, 4) is 0 Å². The van der Waals surface area contributed by atoms with Crippen LogP contribution in [-0.4, -0.2) is 23.3 Å². The quantitative estimate of drug-likeness (QED) is 0.216. The highest BCUT2D eigenvalue weighted by Gasteiger charge is 2.09. The number of benzene rings is 1. The van der Waals surface area contributed by atoms with Crippen LogP contribution in [0.1, 0.15) is 63.5 Å². The van der Waals surface area contributed by atoms with Crippen molar-refractivity contribution >= 4 is 23.3 Å². The summed E-state index contributed by atoms with van der Waals surface area (Å²) < 4.78 is 0. The van der Waals surface area contributed by atoms with E-state index in [2.05, 4.69) is 34.9 Å². The Morgan fingerprint density at radius 3 is 1.65 bits per heavy atom. The van der Waals surface area contributed by atoms with Crippen LogP contribution in [0.3, 0.4) is 0 Å². The number of nitrogens with two attached hydrogens (primary N) is 2. The zero-order chi connectivity index (χ0) is 19.4. The van der Waals surface area contributed by atoms with Gasteiger partial charge in [0.1, 0.15) is 0 Å². The van der Waals surface area contributed by atoms with Crippen LogP contribution in [0.5, 0.6) is 0 Å². The van der Waals surface area contributed by atoms with Gasteiger partial charge in [-0.25, -0.2) is 10.9 Å². The van der Waals surface area contributed by atoms with Gasteiger partial charge in [0.2, 0.25) is 11.9 Å². The lowest BCUT2D eigenvalue weighted by Gasteiger charge is -2.11. The summed E-state index contributed by atoms with van der Waals surface area (Å²) in [5.74, 6) is -0.378. The van der Waals surface area contributed by atoms with Crippen molar-refractivity contribution in [1.82, 2.24) is 10.9 Å². The minimum absolute atomic E-state index is 0.189. The highest BCUT2D eigenvalue weighted by Crippen LogP contribution is 2.14. The maximum Gasteiger partial charge on any atom is 0.206 e. The zero-order valence-electron chi connectivity index (χ0n) is 15.6. The molecule has 0 heterocycles. The molecule has 0 aliphatic rings. The Balaban J connectivity index is 3.16. The van der Waals surface area contributed by atoms with E-state index >= 15 is 0 Å². The molecule has 1 rings (SSSR count). The zero-order valence-corrected chi connectivity index (χ0v) is 15.6. The minimum Gasteiger partial charge on any atom is -0.369 e. The van der Waals surface area contributed by atoms with Gasteiger partial charge < -0.3 is 11.5 Å². The van der Waals surface area contributed by atoms with Gasteiger partial charge in [-0.3, -0.25) is 10.8 Å². The van der Waals surface area contributed by atoms with E-state index in [9.17, 15) is 0 Å². The molecule has 142 valence electrons. The third-order valence-corrected chi connectivity index (χ3v) is 3.69. The molecular weight excluding hydrogens is 328 g/mol. The molecule has 26 heavy (non-hydrogen) atoms. The summed E-state index contributed by atoms with van der Waals surface area (Å²) in [6.07, 6.45) is 5.65. The lowest BCUT2D eigenvalue weighted by molar-refractivity contribution is 0.825. The first-order valence-corrected chi connectivity index (χ1v) is 8.91. The summed E-state index contributed by atoms with van der Waals surface area (Å²) in [7, 11) is 0. The monoisotopic (exact) mass is 358 g/mol. The number of hydrogen-bond acceptors (Lipinski definition) is 4. The van der Waals surface area contributed by atoms with E-state index in [0.29, 0.717) is 0 Å². The van der Waals surface area contributed by atoms with E-state index in [1.165, 1.54) is 0 Å². The average molecular weight is 358 g/mol. The van der Waals surface area contributed by atoms with Crippen molar-refractivity contribution in [2.24, 2.45) is 21.7 Å². The number of hydrogen-bond donors (Lipinski definition) is 6. The summed E-state index contributed by atoms with van der Waals surface area (Å²) in [6, 6.07) is 7.94. The SMILES string of the molecule is CCCCC(=NNC(=N)N)c1cccc(C(CCCC)=NNC(=N)N)c1. The molecule has 1 aromatic carbocycles. The molecule has 0 aliphatic heterocycles. The van der Waals surface area contributed by atoms with Gasteiger partial charge >= 0.3 is 0 Å². The summed E-state index contributed by atoms with van der Waals surface area (Å²) in [5, 5.41) is 23.2. The fourth-order valence-electron chi connectivity index (χ4n) is 2.35. The second-order valence-corrected chi connectivity index (χ2v) is 5.96. The lowest BCUT2D eigenvalue weighted by Crippen LogP contribution is -2.27. The first-order chi connectivity index (χ1) is 12.5. The van der Waals surface area contributed by atoms with Crippen molar-refractivity contribution in [3.05, 3.63) is 35.4 Å². The van der Waals surface area contributed by atoms with Crippen molar-refractivity contribution in [1.29, 1.82) is 10.8 Å². The Morgan fingerprint density at radius 1 is 0.885 bits per heavy atom. The standard InChI is InChI=1S/C18H30N8/c1-3-5-10-15(23-25-17(19)20)13-8-7-9-14(12-13)16(11-6-4-2)24-26-18(21)22/h7-9,12H,3-6,10-11H2,1-2H3,(H4,19,20,25)(H4,21,22,26). The lowest BCUT2D eigenvalue weighted by atomic mass is 9.98. The van der Waals surface area contributed by atoms with Gasteiger partial charge in [0, 0.05) is 0 Å². The number of guanidine groups is 2. The van der Waals surface area contributed by atoms with Crippen molar-refractivity contribution < 1.29 is 0 Å². The highest BCUT2D eigenvalue weighted by molar-refractivity contribution is 6.06. The highest BCUT2D eigenvalue weighted by atomic mass is 15.3. The Hall–Kier alpha value is -2.90. The van der Waals surface area contributed by atoms with Crippen LogP contribution in [-0.2, 0) is 0 Å². The van der Waals surface area contributed by atoms with Crippen LogP contribution in [0.2, 0.25) is 0 Å². The fraction of sp³-hybridized carbons (Fsp3) is 0.444. The van der Waals surface area contributed by atoms with Crippen molar-refractivity contribution in [2.75, 3.05) is 0 Å². The van der Waals surface area contributed by atoms with Crippen LogP contribution in [0.15, 0.2) is 34.5 Å². The van der Waals surface area contributed by atoms with Crippen LogP contribution in [0.4, 0.5) is 0 Å². The number of unbranched alkanes of at least 4 members (excludes halogenated alkanes) is 2. The van der Waals surface area contributed by atoms with E-state index < -0.39 is 0 Å². The molecule has 0 atom stereocenters. The summed E-state index contributed by atoms with van der Waals surface area (Å²) >= 11 is 0. The van der Waals surface area contributed by atoms with Gasteiger partial charge in [-0.15, -0.1) is 0 Å². The first-order valence-electron chi connectivity index (χ1n) is 8.91. The minimum atomic E-state index is -0.189. The first kappa shape index (κ1) is 21.1. The molecular formula is C18H30N8. The van der Waals surface area contributed by atoms with E-state index in [4.69, 9.17) is 22.3 Å². The molecule has 0 unspecified atom stereocenters. The Labute approximate surface area is 155 Å². The molecule has 0 spiro atoms. The second kappa shape index (κ2) is 11.6.